The molecule has 0 fully saturated rings. The van der Waals surface area contributed by atoms with E-state index in [-0.39, 0.29) is 37.5 Å². The highest BCUT2D eigenvalue weighted by atomic mass is 16.6. The van der Waals surface area contributed by atoms with Gasteiger partial charge in [0.05, 0.1) is 0 Å². The van der Waals surface area contributed by atoms with Gasteiger partial charge in [-0.3, -0.25) is 14.4 Å². The first-order valence-corrected chi connectivity index (χ1v) is 24.6. The molecule has 0 aliphatic carbocycles. The van der Waals surface area contributed by atoms with E-state index in [1.165, 1.54) is 135 Å². The Bertz CT molecular complexity index is 1030. The summed E-state index contributed by atoms with van der Waals surface area (Å²) < 4.78 is 16.7. The molecule has 336 valence electrons. The van der Waals surface area contributed by atoms with Gasteiger partial charge in [-0.25, -0.2) is 0 Å². The molecule has 0 bridgehead atoms. The molecule has 0 saturated heterocycles. The van der Waals surface area contributed by atoms with Crippen molar-refractivity contribution in [2.24, 2.45) is 0 Å². The lowest BCUT2D eigenvalue weighted by Crippen LogP contribution is -2.30. The van der Waals surface area contributed by atoms with Crippen LogP contribution in [0.4, 0.5) is 0 Å². The molecule has 0 amide bonds. The lowest BCUT2D eigenvalue weighted by atomic mass is 10.0. The van der Waals surface area contributed by atoms with Gasteiger partial charge in [0.15, 0.2) is 6.10 Å². The summed E-state index contributed by atoms with van der Waals surface area (Å²) in [4.78, 5) is 37.8. The maximum atomic E-state index is 12.7. The van der Waals surface area contributed by atoms with E-state index in [4.69, 9.17) is 14.2 Å². The summed E-state index contributed by atoms with van der Waals surface area (Å²) in [6, 6.07) is 0. The number of allylic oxidation sites excluding steroid dienone is 8. The van der Waals surface area contributed by atoms with Gasteiger partial charge in [-0.05, 0) is 70.6 Å². The van der Waals surface area contributed by atoms with Crippen LogP contribution >= 0.6 is 0 Å². The molecular formula is C52H92O6. The third-order valence-electron chi connectivity index (χ3n) is 10.6. The Hall–Kier alpha value is -2.63. The van der Waals surface area contributed by atoms with Crippen LogP contribution in [0.2, 0.25) is 0 Å². The van der Waals surface area contributed by atoms with Gasteiger partial charge in [0.2, 0.25) is 0 Å². The molecule has 0 heterocycles. The molecule has 6 heteroatoms. The zero-order valence-corrected chi connectivity index (χ0v) is 38.3. The van der Waals surface area contributed by atoms with Crippen molar-refractivity contribution in [3.05, 3.63) is 48.6 Å². The third-order valence-corrected chi connectivity index (χ3v) is 10.6. The van der Waals surface area contributed by atoms with Crippen LogP contribution in [-0.4, -0.2) is 37.2 Å². The normalized spacial score (nSPS) is 12.4. The first kappa shape index (κ1) is 55.4. The SMILES string of the molecule is CC/C=C\C/C=C\C/C=C\CCCC(=O)OCC(COC(=O)CCCCCCCCC/C=C\CCCCCCCC)OC(=O)CCCCCCCCCCCCCC. The van der Waals surface area contributed by atoms with E-state index in [0.29, 0.717) is 19.3 Å². The van der Waals surface area contributed by atoms with E-state index in [2.05, 4.69) is 69.4 Å². The maximum absolute atomic E-state index is 12.7. The molecule has 0 aromatic rings. The van der Waals surface area contributed by atoms with Crippen molar-refractivity contribution in [3.8, 4) is 0 Å². The van der Waals surface area contributed by atoms with Crippen molar-refractivity contribution < 1.29 is 28.6 Å². The molecule has 1 unspecified atom stereocenters. The Labute approximate surface area is 358 Å². The number of carbonyl (C=O) groups excluding carboxylic acids is 3. The minimum absolute atomic E-state index is 0.0891. The van der Waals surface area contributed by atoms with E-state index in [1.54, 1.807) is 0 Å². The Kier molecular flexibility index (Phi) is 44.9. The quantitative estimate of drug-likeness (QED) is 0.0264. The van der Waals surface area contributed by atoms with E-state index in [0.717, 1.165) is 64.2 Å². The van der Waals surface area contributed by atoms with Gasteiger partial charge in [0.25, 0.3) is 0 Å². The monoisotopic (exact) mass is 813 g/mol. The highest BCUT2D eigenvalue weighted by molar-refractivity contribution is 5.71. The molecule has 0 aromatic heterocycles. The first-order valence-electron chi connectivity index (χ1n) is 24.6. The summed E-state index contributed by atoms with van der Waals surface area (Å²) in [5.41, 5.74) is 0. The van der Waals surface area contributed by atoms with Crippen LogP contribution in [0.5, 0.6) is 0 Å². The minimum Gasteiger partial charge on any atom is -0.462 e. The number of esters is 3. The number of hydrogen-bond acceptors (Lipinski definition) is 6. The van der Waals surface area contributed by atoms with Crippen LogP contribution in [0.3, 0.4) is 0 Å². The number of carbonyl (C=O) groups is 3. The second-order valence-corrected chi connectivity index (χ2v) is 16.3. The molecule has 0 rings (SSSR count). The maximum Gasteiger partial charge on any atom is 0.306 e. The van der Waals surface area contributed by atoms with Crippen LogP contribution < -0.4 is 0 Å². The van der Waals surface area contributed by atoms with Gasteiger partial charge in [-0.15, -0.1) is 0 Å². The second kappa shape index (κ2) is 47.1. The average Bonchev–Trinajstić information content (AvgIpc) is 3.22. The predicted molar refractivity (Wildman–Crippen MR) is 247 cm³/mol. The molecule has 6 nitrogen and oxygen atoms in total. The number of ether oxygens (including phenoxy) is 3. The summed E-state index contributed by atoms with van der Waals surface area (Å²) >= 11 is 0. The molecule has 0 N–H and O–H groups in total. The molecule has 58 heavy (non-hydrogen) atoms. The summed E-state index contributed by atoms with van der Waals surface area (Å²) in [7, 11) is 0. The van der Waals surface area contributed by atoms with Crippen LogP contribution in [0.25, 0.3) is 0 Å². The third kappa shape index (κ3) is 44.5. The van der Waals surface area contributed by atoms with E-state index in [9.17, 15) is 14.4 Å². The fourth-order valence-corrected chi connectivity index (χ4v) is 6.87. The summed E-state index contributed by atoms with van der Waals surface area (Å²) in [5.74, 6) is -0.946. The Morgan fingerprint density at radius 2 is 0.690 bits per heavy atom. The van der Waals surface area contributed by atoms with E-state index >= 15 is 0 Å². The smallest absolute Gasteiger partial charge is 0.306 e. The average molecular weight is 813 g/mol. The van der Waals surface area contributed by atoms with E-state index < -0.39 is 6.10 Å². The van der Waals surface area contributed by atoms with Gasteiger partial charge in [0.1, 0.15) is 13.2 Å². The van der Waals surface area contributed by atoms with Crippen molar-refractivity contribution in [1.82, 2.24) is 0 Å². The lowest BCUT2D eigenvalue weighted by molar-refractivity contribution is -0.167. The Balaban J connectivity index is 4.37. The van der Waals surface area contributed by atoms with Crippen LogP contribution in [0, 0.1) is 0 Å². The molecule has 0 aliphatic heterocycles. The largest absolute Gasteiger partial charge is 0.462 e. The molecular weight excluding hydrogens is 721 g/mol. The van der Waals surface area contributed by atoms with Gasteiger partial charge in [-0.1, -0.05) is 204 Å². The fourth-order valence-electron chi connectivity index (χ4n) is 6.87. The standard InChI is InChI=1S/C52H92O6/c1-4-7-10-13-16-19-22-24-25-26-27-28-31-33-36-39-42-45-51(54)57-48-49(47-56-50(53)44-41-38-35-32-29-21-18-15-12-9-6-3)58-52(55)46-43-40-37-34-30-23-20-17-14-11-8-5-2/h9,12,18,21,24-25,32,35,49H,4-8,10-11,13-17,19-20,22-23,26-31,33-34,36-48H2,1-3H3/b12-9-,21-18-,25-24-,35-32-. The molecule has 0 spiro atoms. The summed E-state index contributed by atoms with van der Waals surface area (Å²) in [6.07, 6.45) is 55.3. The van der Waals surface area contributed by atoms with Gasteiger partial charge in [0, 0.05) is 19.3 Å². The Morgan fingerprint density at radius 1 is 0.362 bits per heavy atom. The van der Waals surface area contributed by atoms with Gasteiger partial charge >= 0.3 is 17.9 Å². The zero-order chi connectivity index (χ0) is 42.3. The van der Waals surface area contributed by atoms with Crippen molar-refractivity contribution in [1.29, 1.82) is 0 Å². The van der Waals surface area contributed by atoms with Crippen molar-refractivity contribution in [2.45, 2.75) is 252 Å². The zero-order valence-electron chi connectivity index (χ0n) is 38.3. The summed E-state index contributed by atoms with van der Waals surface area (Å²) in [6.45, 7) is 6.47. The molecule has 0 aliphatic rings. The number of hydrogen-bond donors (Lipinski definition) is 0. The highest BCUT2D eigenvalue weighted by Crippen LogP contribution is 2.15. The van der Waals surface area contributed by atoms with Crippen LogP contribution in [-0.2, 0) is 28.6 Å². The highest BCUT2D eigenvalue weighted by Gasteiger charge is 2.19. The van der Waals surface area contributed by atoms with Crippen LogP contribution in [0.1, 0.15) is 245 Å². The van der Waals surface area contributed by atoms with Gasteiger partial charge in [-0.2, -0.15) is 0 Å². The molecule has 1 atom stereocenters. The van der Waals surface area contributed by atoms with Gasteiger partial charge < -0.3 is 14.2 Å². The Morgan fingerprint density at radius 3 is 1.14 bits per heavy atom. The molecule has 0 aromatic carbocycles. The lowest BCUT2D eigenvalue weighted by Gasteiger charge is -2.18. The summed E-state index contributed by atoms with van der Waals surface area (Å²) in [5, 5.41) is 0. The minimum atomic E-state index is -0.790. The van der Waals surface area contributed by atoms with E-state index in [1.807, 2.05) is 0 Å². The van der Waals surface area contributed by atoms with Crippen molar-refractivity contribution >= 4 is 17.9 Å². The molecule has 0 saturated carbocycles. The number of unbranched alkanes of at least 4 members (excludes halogenated alkanes) is 25. The van der Waals surface area contributed by atoms with Crippen molar-refractivity contribution in [2.75, 3.05) is 13.2 Å². The van der Waals surface area contributed by atoms with Crippen LogP contribution in [0.15, 0.2) is 48.6 Å². The second-order valence-electron chi connectivity index (χ2n) is 16.3. The fraction of sp³-hybridized carbons (Fsp3) is 0.788. The first-order chi connectivity index (χ1) is 28.5. The topological polar surface area (TPSA) is 78.9 Å². The number of rotatable bonds is 44. The van der Waals surface area contributed by atoms with Crippen molar-refractivity contribution in [3.63, 3.8) is 0 Å². The molecule has 0 radical (unpaired) electrons. The predicted octanol–water partition coefficient (Wildman–Crippen LogP) is 15.9.